The number of rotatable bonds is 12. The highest BCUT2D eigenvalue weighted by molar-refractivity contribution is 6.32. The molecule has 0 unspecified atom stereocenters. The van der Waals surface area contributed by atoms with Crippen molar-refractivity contribution in [3.05, 3.63) is 24.3 Å². The lowest BCUT2D eigenvalue weighted by Crippen LogP contribution is -2.17. The van der Waals surface area contributed by atoms with Gasteiger partial charge >= 0.3 is 5.97 Å². The third kappa shape index (κ3) is 8.45. The second-order valence-electron chi connectivity index (χ2n) is 6.89. The molecule has 5 nitrogen and oxygen atoms in total. The summed E-state index contributed by atoms with van der Waals surface area (Å²) in [5.74, 6) is -1.79. The minimum Gasteiger partial charge on any atom is -0.476 e. The molecule has 1 saturated carbocycles. The summed E-state index contributed by atoms with van der Waals surface area (Å²) >= 11 is 0. The molecule has 0 saturated heterocycles. The molecule has 1 fully saturated rings. The van der Waals surface area contributed by atoms with Gasteiger partial charge in [0.2, 0.25) is 5.78 Å². The Kier molecular flexibility index (Phi) is 10.3. The predicted octanol–water partition coefficient (Wildman–Crippen LogP) is 3.25. The number of hydrogen-bond acceptors (Lipinski definition) is 4. The summed E-state index contributed by atoms with van der Waals surface area (Å²) in [6, 6.07) is 0. The number of carboxylic acids is 1. The normalized spacial score (nSPS) is 25.0. The van der Waals surface area contributed by atoms with Gasteiger partial charge in [0.15, 0.2) is 0 Å². The zero-order chi connectivity index (χ0) is 18.7. The number of aliphatic carboxylic acids is 1. The van der Waals surface area contributed by atoms with Gasteiger partial charge in [-0.05, 0) is 43.9 Å². The second kappa shape index (κ2) is 12.0. The molecule has 4 atom stereocenters. The second-order valence-corrected chi connectivity index (χ2v) is 6.89. The van der Waals surface area contributed by atoms with Crippen LogP contribution in [0.3, 0.4) is 0 Å². The van der Waals surface area contributed by atoms with Crippen LogP contribution in [-0.2, 0) is 9.59 Å². The molecule has 0 aromatic rings. The monoisotopic (exact) mass is 352 g/mol. The SMILES string of the molecule is CCCCC[C@H](O)C=C[C@H]1CC[C@H](O)[C@@H]1CC=CCCC(=O)C(=O)O. The van der Waals surface area contributed by atoms with Gasteiger partial charge in [-0.1, -0.05) is 50.5 Å². The first kappa shape index (κ1) is 21.6. The Morgan fingerprint density at radius 1 is 1.20 bits per heavy atom. The van der Waals surface area contributed by atoms with Crippen LogP contribution < -0.4 is 0 Å². The van der Waals surface area contributed by atoms with E-state index in [1.54, 1.807) is 0 Å². The van der Waals surface area contributed by atoms with E-state index < -0.39 is 17.9 Å². The van der Waals surface area contributed by atoms with E-state index in [-0.39, 0.29) is 24.4 Å². The molecule has 25 heavy (non-hydrogen) atoms. The number of aliphatic hydroxyl groups excluding tert-OH is 2. The van der Waals surface area contributed by atoms with Crippen LogP contribution in [0.1, 0.15) is 64.7 Å². The maximum absolute atomic E-state index is 11.0. The van der Waals surface area contributed by atoms with Crippen LogP contribution in [-0.4, -0.2) is 39.3 Å². The van der Waals surface area contributed by atoms with Crippen molar-refractivity contribution in [3.8, 4) is 0 Å². The van der Waals surface area contributed by atoms with E-state index in [1.165, 1.54) is 0 Å². The van der Waals surface area contributed by atoms with E-state index in [4.69, 9.17) is 5.11 Å². The van der Waals surface area contributed by atoms with Crippen LogP contribution in [0.25, 0.3) is 0 Å². The third-order valence-corrected chi connectivity index (χ3v) is 4.88. The molecule has 5 heteroatoms. The van der Waals surface area contributed by atoms with Gasteiger partial charge in [0, 0.05) is 6.42 Å². The largest absolute Gasteiger partial charge is 0.476 e. The molecular formula is C20H32O5. The van der Waals surface area contributed by atoms with Crippen LogP contribution in [0, 0.1) is 11.8 Å². The van der Waals surface area contributed by atoms with E-state index >= 15 is 0 Å². The number of aliphatic hydroxyl groups is 2. The van der Waals surface area contributed by atoms with Crippen molar-refractivity contribution in [1.29, 1.82) is 0 Å². The Hall–Kier alpha value is -1.46. The van der Waals surface area contributed by atoms with Gasteiger partial charge in [0.25, 0.3) is 0 Å². The fraction of sp³-hybridized carbons (Fsp3) is 0.700. The topological polar surface area (TPSA) is 94.8 Å². The van der Waals surface area contributed by atoms with Crippen molar-refractivity contribution in [1.82, 2.24) is 0 Å². The molecule has 142 valence electrons. The fourth-order valence-corrected chi connectivity index (χ4v) is 3.31. The van der Waals surface area contributed by atoms with Crippen LogP contribution in [0.5, 0.6) is 0 Å². The van der Waals surface area contributed by atoms with Crippen molar-refractivity contribution in [2.75, 3.05) is 0 Å². The summed E-state index contributed by atoms with van der Waals surface area (Å²) in [6.07, 6.45) is 13.7. The molecule has 3 N–H and O–H groups in total. The lowest BCUT2D eigenvalue weighted by Gasteiger charge is -2.18. The first-order valence-electron chi connectivity index (χ1n) is 9.41. The first-order chi connectivity index (χ1) is 12.0. The molecule has 0 radical (unpaired) electrons. The number of allylic oxidation sites excluding steroid dienone is 3. The zero-order valence-electron chi connectivity index (χ0n) is 15.1. The van der Waals surface area contributed by atoms with Crippen molar-refractivity contribution in [2.24, 2.45) is 11.8 Å². The minimum atomic E-state index is -1.39. The number of unbranched alkanes of at least 4 members (excludes halogenated alkanes) is 2. The van der Waals surface area contributed by atoms with Crippen LogP contribution >= 0.6 is 0 Å². The van der Waals surface area contributed by atoms with Crippen molar-refractivity contribution in [2.45, 2.75) is 76.9 Å². The van der Waals surface area contributed by atoms with E-state index in [0.717, 1.165) is 38.5 Å². The highest BCUT2D eigenvalue weighted by atomic mass is 16.4. The fourth-order valence-electron chi connectivity index (χ4n) is 3.31. The molecule has 0 heterocycles. The number of hydrogen-bond donors (Lipinski definition) is 3. The molecule has 0 amide bonds. The highest BCUT2D eigenvalue weighted by Gasteiger charge is 2.32. The zero-order valence-corrected chi connectivity index (χ0v) is 15.1. The summed E-state index contributed by atoms with van der Waals surface area (Å²) < 4.78 is 0. The van der Waals surface area contributed by atoms with Crippen molar-refractivity contribution < 1.29 is 24.9 Å². The third-order valence-electron chi connectivity index (χ3n) is 4.88. The Bertz CT molecular complexity index is 469. The van der Waals surface area contributed by atoms with Gasteiger partial charge in [0.1, 0.15) is 0 Å². The van der Waals surface area contributed by atoms with Gasteiger partial charge in [0.05, 0.1) is 12.2 Å². The predicted molar refractivity (Wildman–Crippen MR) is 97.1 cm³/mol. The van der Waals surface area contributed by atoms with Gasteiger partial charge in [-0.2, -0.15) is 0 Å². The summed E-state index contributed by atoms with van der Waals surface area (Å²) in [5, 5.41) is 28.7. The summed E-state index contributed by atoms with van der Waals surface area (Å²) in [6.45, 7) is 2.14. The van der Waals surface area contributed by atoms with Gasteiger partial charge in [-0.3, -0.25) is 4.79 Å². The number of Topliss-reactive ketones (excluding diaryl/α,β-unsaturated/α-hetero) is 1. The lowest BCUT2D eigenvalue weighted by atomic mass is 9.90. The van der Waals surface area contributed by atoms with Crippen LogP contribution in [0.4, 0.5) is 0 Å². The first-order valence-corrected chi connectivity index (χ1v) is 9.41. The molecule has 0 aliphatic heterocycles. The minimum absolute atomic E-state index is 0.00629. The maximum atomic E-state index is 11.0. The standard InChI is InChI=1S/C20H32O5/c1-2-3-5-8-16(21)13-11-15-12-14-18(22)17(15)9-6-4-7-10-19(23)20(24)25/h4,6,11,13,15-18,21-22H,2-3,5,7-10,12,14H2,1H3,(H,24,25)/t15-,16-,17+,18-/m0/s1. The maximum Gasteiger partial charge on any atom is 0.372 e. The van der Waals surface area contributed by atoms with Gasteiger partial charge in [-0.25, -0.2) is 4.79 Å². The van der Waals surface area contributed by atoms with Crippen molar-refractivity contribution in [3.63, 3.8) is 0 Å². The van der Waals surface area contributed by atoms with Crippen LogP contribution in [0.2, 0.25) is 0 Å². The summed E-state index contributed by atoms with van der Waals surface area (Å²) in [7, 11) is 0. The number of carbonyl (C=O) groups is 2. The average Bonchev–Trinajstić information content (AvgIpc) is 2.92. The van der Waals surface area contributed by atoms with E-state index in [1.807, 2.05) is 24.3 Å². The number of ketones is 1. The summed E-state index contributed by atoms with van der Waals surface area (Å²) in [4.78, 5) is 21.4. The molecule has 0 spiro atoms. The lowest BCUT2D eigenvalue weighted by molar-refractivity contribution is -0.149. The highest BCUT2D eigenvalue weighted by Crippen LogP contribution is 2.36. The number of carboxylic acid groups (broad SMARTS) is 1. The molecule has 0 bridgehead atoms. The van der Waals surface area contributed by atoms with Gasteiger partial charge < -0.3 is 15.3 Å². The average molecular weight is 352 g/mol. The smallest absolute Gasteiger partial charge is 0.372 e. The van der Waals surface area contributed by atoms with E-state index in [0.29, 0.717) is 12.8 Å². The molecule has 1 rings (SSSR count). The van der Waals surface area contributed by atoms with Gasteiger partial charge in [-0.15, -0.1) is 0 Å². The molecule has 0 aromatic carbocycles. The summed E-state index contributed by atoms with van der Waals surface area (Å²) in [5.41, 5.74) is 0. The Morgan fingerprint density at radius 2 is 1.96 bits per heavy atom. The Morgan fingerprint density at radius 3 is 2.64 bits per heavy atom. The van der Waals surface area contributed by atoms with Crippen molar-refractivity contribution >= 4 is 11.8 Å². The quantitative estimate of drug-likeness (QED) is 0.285. The molecule has 0 aromatic heterocycles. The Labute approximate surface area is 150 Å². The molecule has 1 aliphatic rings. The molecular weight excluding hydrogens is 320 g/mol. The van der Waals surface area contributed by atoms with E-state index in [9.17, 15) is 19.8 Å². The van der Waals surface area contributed by atoms with Crippen LogP contribution in [0.15, 0.2) is 24.3 Å². The number of carbonyl (C=O) groups excluding carboxylic acids is 1. The van der Waals surface area contributed by atoms with E-state index in [2.05, 4.69) is 6.92 Å². The Balaban J connectivity index is 2.40. The molecule has 1 aliphatic carbocycles.